The van der Waals surface area contributed by atoms with Crippen LogP contribution in [0.25, 0.3) is 0 Å². The summed E-state index contributed by atoms with van der Waals surface area (Å²) in [4.78, 5) is -0.0646. The minimum absolute atomic E-state index is 0.0157. The van der Waals surface area contributed by atoms with Gasteiger partial charge in [0.2, 0.25) is 10.0 Å². The number of hydrogen-bond acceptors (Lipinski definition) is 4. The Balaban J connectivity index is 2.32. The number of halogens is 1. The molecule has 7 heteroatoms. The van der Waals surface area contributed by atoms with Crippen LogP contribution in [-0.2, 0) is 10.0 Å². The van der Waals surface area contributed by atoms with Gasteiger partial charge in [0.25, 0.3) is 0 Å². The molecule has 0 bridgehead atoms. The second kappa shape index (κ2) is 6.10. The molecule has 0 amide bonds. The summed E-state index contributed by atoms with van der Waals surface area (Å²) in [5.41, 5.74) is -0.0157. The summed E-state index contributed by atoms with van der Waals surface area (Å²) in [6.07, 6.45) is 0.911. The van der Waals surface area contributed by atoms with Crippen LogP contribution in [-0.4, -0.2) is 27.5 Å². The first-order chi connectivity index (χ1) is 9.45. The van der Waals surface area contributed by atoms with E-state index in [2.05, 4.69) is 10.0 Å². The van der Waals surface area contributed by atoms with E-state index in [9.17, 15) is 8.42 Å². The number of nitriles is 1. The maximum atomic E-state index is 12.4. The molecule has 2 N–H and O–H groups in total. The average Bonchev–Trinajstić information content (AvgIpc) is 2.41. The molecule has 20 heavy (non-hydrogen) atoms. The van der Waals surface area contributed by atoms with E-state index in [-0.39, 0.29) is 27.4 Å². The molecule has 1 saturated heterocycles. The molecule has 0 aromatic heterocycles. The average molecular weight is 314 g/mol. The van der Waals surface area contributed by atoms with Crippen molar-refractivity contribution < 1.29 is 8.42 Å². The van der Waals surface area contributed by atoms with Crippen molar-refractivity contribution in [2.75, 3.05) is 13.1 Å². The van der Waals surface area contributed by atoms with Crippen LogP contribution < -0.4 is 10.0 Å². The van der Waals surface area contributed by atoms with Gasteiger partial charge in [0, 0.05) is 12.6 Å². The lowest BCUT2D eigenvalue weighted by Gasteiger charge is -2.30. The van der Waals surface area contributed by atoms with Gasteiger partial charge in [0.15, 0.2) is 0 Å². The lowest BCUT2D eigenvalue weighted by Crippen LogP contribution is -2.50. The molecule has 1 fully saturated rings. The highest BCUT2D eigenvalue weighted by Crippen LogP contribution is 2.24. The Labute approximate surface area is 124 Å². The van der Waals surface area contributed by atoms with Gasteiger partial charge in [-0.3, -0.25) is 0 Å². The third kappa shape index (κ3) is 3.13. The molecule has 5 nitrogen and oxygen atoms in total. The van der Waals surface area contributed by atoms with Crippen LogP contribution in [0.15, 0.2) is 23.1 Å². The summed E-state index contributed by atoms with van der Waals surface area (Å²) in [6, 6.07) is 6.10. The zero-order valence-electron chi connectivity index (χ0n) is 11.1. The van der Waals surface area contributed by atoms with Crippen molar-refractivity contribution in [2.45, 2.75) is 24.3 Å². The van der Waals surface area contributed by atoms with Crippen molar-refractivity contribution >= 4 is 21.6 Å². The largest absolute Gasteiger partial charge is 0.315 e. The van der Waals surface area contributed by atoms with E-state index in [0.29, 0.717) is 6.54 Å². The minimum Gasteiger partial charge on any atom is -0.315 e. The van der Waals surface area contributed by atoms with Crippen molar-refractivity contribution in [3.05, 3.63) is 28.8 Å². The van der Waals surface area contributed by atoms with Gasteiger partial charge < -0.3 is 5.32 Å². The topological polar surface area (TPSA) is 82.0 Å². The quantitative estimate of drug-likeness (QED) is 0.885. The van der Waals surface area contributed by atoms with E-state index in [1.807, 2.05) is 13.0 Å². The first-order valence-electron chi connectivity index (χ1n) is 6.37. The molecular weight excluding hydrogens is 298 g/mol. The maximum absolute atomic E-state index is 12.4. The third-order valence-electron chi connectivity index (χ3n) is 3.51. The van der Waals surface area contributed by atoms with Gasteiger partial charge in [-0.1, -0.05) is 24.6 Å². The highest BCUT2D eigenvalue weighted by atomic mass is 35.5. The molecule has 1 aromatic rings. The predicted octanol–water partition coefficient (Wildman–Crippen LogP) is 1.49. The van der Waals surface area contributed by atoms with Gasteiger partial charge in [-0.25, -0.2) is 13.1 Å². The number of benzene rings is 1. The lowest BCUT2D eigenvalue weighted by molar-refractivity contribution is 0.327. The van der Waals surface area contributed by atoms with E-state index in [4.69, 9.17) is 16.9 Å². The fourth-order valence-electron chi connectivity index (χ4n) is 2.25. The molecule has 0 spiro atoms. The van der Waals surface area contributed by atoms with E-state index < -0.39 is 10.0 Å². The molecule has 1 aliphatic rings. The van der Waals surface area contributed by atoms with Gasteiger partial charge >= 0.3 is 0 Å². The van der Waals surface area contributed by atoms with Crippen molar-refractivity contribution in [1.29, 1.82) is 5.26 Å². The highest BCUT2D eigenvalue weighted by molar-refractivity contribution is 7.89. The molecule has 1 aliphatic heterocycles. The monoisotopic (exact) mass is 313 g/mol. The fourth-order valence-corrected chi connectivity index (χ4v) is 4.04. The van der Waals surface area contributed by atoms with E-state index >= 15 is 0 Å². The van der Waals surface area contributed by atoms with Crippen LogP contribution in [0.3, 0.4) is 0 Å². The van der Waals surface area contributed by atoms with Gasteiger partial charge in [-0.2, -0.15) is 5.26 Å². The van der Waals surface area contributed by atoms with Crippen LogP contribution in [0.5, 0.6) is 0 Å². The van der Waals surface area contributed by atoms with Crippen LogP contribution >= 0.6 is 11.6 Å². The smallest absolute Gasteiger partial charge is 0.242 e. The van der Waals surface area contributed by atoms with Crippen LogP contribution in [0.2, 0.25) is 5.02 Å². The van der Waals surface area contributed by atoms with Gasteiger partial charge in [0.05, 0.1) is 10.6 Å². The summed E-state index contributed by atoms with van der Waals surface area (Å²) in [6.45, 7) is 3.49. The first-order valence-corrected chi connectivity index (χ1v) is 8.23. The molecule has 2 unspecified atom stereocenters. The summed E-state index contributed by atoms with van der Waals surface area (Å²) >= 11 is 5.88. The molecule has 2 atom stereocenters. The Morgan fingerprint density at radius 3 is 2.90 bits per heavy atom. The summed E-state index contributed by atoms with van der Waals surface area (Å²) in [7, 11) is -3.76. The predicted molar refractivity (Wildman–Crippen MR) is 76.9 cm³/mol. The molecule has 1 aromatic carbocycles. The first kappa shape index (κ1) is 15.3. The fraction of sp³-hybridized carbons (Fsp3) is 0.462. The summed E-state index contributed by atoms with van der Waals surface area (Å²) in [5, 5.41) is 12.4. The zero-order chi connectivity index (χ0) is 14.8. The van der Waals surface area contributed by atoms with Crippen molar-refractivity contribution in [2.24, 2.45) is 5.92 Å². The molecule has 0 saturated carbocycles. The highest BCUT2D eigenvalue weighted by Gasteiger charge is 2.28. The Kier molecular flexibility index (Phi) is 4.66. The van der Waals surface area contributed by atoms with Crippen molar-refractivity contribution in [3.63, 3.8) is 0 Å². The Morgan fingerprint density at radius 1 is 1.50 bits per heavy atom. The second-order valence-electron chi connectivity index (χ2n) is 4.92. The molecule has 0 radical (unpaired) electrons. The van der Waals surface area contributed by atoms with Crippen LogP contribution in [0, 0.1) is 17.2 Å². The Morgan fingerprint density at radius 2 is 2.25 bits per heavy atom. The molecule has 1 heterocycles. The normalized spacial score (nSPS) is 23.2. The Hall–Kier alpha value is -1.13. The van der Waals surface area contributed by atoms with Gasteiger partial charge in [-0.15, -0.1) is 0 Å². The lowest BCUT2D eigenvalue weighted by atomic mass is 9.96. The number of hydrogen-bond donors (Lipinski definition) is 2. The third-order valence-corrected chi connectivity index (χ3v) is 5.36. The summed E-state index contributed by atoms with van der Waals surface area (Å²) < 4.78 is 27.5. The minimum atomic E-state index is -3.76. The standard InChI is InChI=1S/C13H16ClN3O2S/c1-9-5-6-16-8-12(9)17-20(18,19)13-4-2-3-11(14)10(13)7-15/h2-4,9,12,16-17H,5-6,8H2,1H3. The number of piperidine rings is 1. The van der Waals surface area contributed by atoms with Gasteiger partial charge in [0.1, 0.15) is 11.0 Å². The molecular formula is C13H16ClN3O2S. The van der Waals surface area contributed by atoms with Crippen molar-refractivity contribution in [1.82, 2.24) is 10.0 Å². The van der Waals surface area contributed by atoms with Crippen molar-refractivity contribution in [3.8, 4) is 6.07 Å². The van der Waals surface area contributed by atoms with Crippen LogP contribution in [0.4, 0.5) is 0 Å². The molecule has 2 rings (SSSR count). The molecule has 0 aliphatic carbocycles. The Bertz CT molecular complexity index is 640. The summed E-state index contributed by atoms with van der Waals surface area (Å²) in [5.74, 6) is 0.246. The van der Waals surface area contributed by atoms with Gasteiger partial charge in [-0.05, 0) is 31.0 Å². The maximum Gasteiger partial charge on any atom is 0.242 e. The van der Waals surface area contributed by atoms with Crippen LogP contribution in [0.1, 0.15) is 18.9 Å². The van der Waals surface area contributed by atoms with E-state index in [1.165, 1.54) is 18.2 Å². The van der Waals surface area contributed by atoms with E-state index in [1.54, 1.807) is 0 Å². The number of nitrogens with zero attached hydrogens (tertiary/aromatic N) is 1. The number of sulfonamides is 1. The zero-order valence-corrected chi connectivity index (χ0v) is 12.6. The molecule has 108 valence electrons. The van der Waals surface area contributed by atoms with E-state index in [0.717, 1.165) is 13.0 Å². The number of nitrogens with one attached hydrogen (secondary N) is 2. The SMILES string of the molecule is CC1CCNCC1NS(=O)(=O)c1cccc(Cl)c1C#N. The second-order valence-corrected chi connectivity index (χ2v) is 7.01. The number of rotatable bonds is 3.